The number of carboxylic acids is 1. The molecular weight excluding hydrogens is 160 g/mol. The summed E-state index contributed by atoms with van der Waals surface area (Å²) >= 11 is 0. The predicted molar refractivity (Wildman–Crippen MR) is 41.0 cm³/mol. The summed E-state index contributed by atoms with van der Waals surface area (Å²) in [5, 5.41) is 8.19. The summed E-state index contributed by atoms with van der Waals surface area (Å²) in [4.78, 5) is 20.6. The molecule has 0 heterocycles. The number of rotatable bonds is 3. The van der Waals surface area contributed by atoms with Crippen LogP contribution < -0.4 is 0 Å². The highest BCUT2D eigenvalue weighted by atomic mass is 16.5. The second kappa shape index (κ2) is 6.23. The molecule has 0 aromatic rings. The molecule has 0 spiro atoms. The molecule has 4 heteroatoms. The molecule has 0 saturated heterocycles. The van der Waals surface area contributed by atoms with Crippen molar-refractivity contribution in [2.45, 2.75) is 26.2 Å². The van der Waals surface area contributed by atoms with E-state index in [4.69, 9.17) is 5.11 Å². The van der Waals surface area contributed by atoms with E-state index >= 15 is 0 Å². The maximum absolute atomic E-state index is 10.6. The van der Waals surface area contributed by atoms with E-state index in [1.807, 2.05) is 6.92 Å². The van der Waals surface area contributed by atoms with E-state index in [-0.39, 0.29) is 12.8 Å². The van der Waals surface area contributed by atoms with E-state index in [9.17, 15) is 9.59 Å². The molecule has 0 aromatic heterocycles. The van der Waals surface area contributed by atoms with Gasteiger partial charge in [0.25, 0.3) is 0 Å². The Labute approximate surface area is 70.5 Å². The first-order valence-electron chi connectivity index (χ1n) is 3.56. The largest absolute Gasteiger partial charge is 0.481 e. The van der Waals surface area contributed by atoms with Crippen molar-refractivity contribution in [2.75, 3.05) is 0 Å². The Morgan fingerprint density at radius 1 is 1.42 bits per heavy atom. The zero-order valence-corrected chi connectivity index (χ0v) is 6.79. The zero-order chi connectivity index (χ0) is 9.40. The molecule has 4 nitrogen and oxygen atoms in total. The number of hydrogen-bond donors (Lipinski definition) is 1. The second-order valence-corrected chi connectivity index (χ2v) is 2.00. The van der Waals surface area contributed by atoms with Gasteiger partial charge < -0.3 is 9.84 Å². The molecule has 0 saturated carbocycles. The summed E-state index contributed by atoms with van der Waals surface area (Å²) in [5.41, 5.74) is 0. The molecule has 0 fully saturated rings. The van der Waals surface area contributed by atoms with Gasteiger partial charge in [-0.05, 0) is 0 Å². The van der Waals surface area contributed by atoms with E-state index in [0.717, 1.165) is 0 Å². The van der Waals surface area contributed by atoms with Crippen LogP contribution in [0.5, 0.6) is 0 Å². The topological polar surface area (TPSA) is 63.6 Å². The van der Waals surface area contributed by atoms with Gasteiger partial charge in [-0.1, -0.05) is 12.8 Å². The highest BCUT2D eigenvalue weighted by Gasteiger charge is 2.04. The fourth-order valence-corrected chi connectivity index (χ4v) is 0.425. The van der Waals surface area contributed by atoms with E-state index in [2.05, 4.69) is 16.8 Å². The zero-order valence-electron chi connectivity index (χ0n) is 6.79. The molecule has 0 aliphatic heterocycles. The van der Waals surface area contributed by atoms with E-state index in [0.29, 0.717) is 6.42 Å². The minimum Gasteiger partial charge on any atom is -0.481 e. The lowest BCUT2D eigenvalue weighted by molar-refractivity contribution is -0.143. The van der Waals surface area contributed by atoms with Gasteiger partial charge in [0.2, 0.25) is 0 Å². The Morgan fingerprint density at radius 3 is 2.58 bits per heavy atom. The van der Waals surface area contributed by atoms with Crippen molar-refractivity contribution >= 4 is 11.9 Å². The third kappa shape index (κ3) is 6.62. The molecular formula is C8H10O4. The smallest absolute Gasteiger partial charge is 0.320 e. The molecule has 0 rings (SSSR count). The Morgan fingerprint density at radius 2 is 2.08 bits per heavy atom. The van der Waals surface area contributed by atoms with Gasteiger partial charge in [0.15, 0.2) is 0 Å². The van der Waals surface area contributed by atoms with Crippen molar-refractivity contribution in [3.63, 3.8) is 0 Å². The lowest BCUT2D eigenvalue weighted by atomic mass is 10.3. The third-order valence-electron chi connectivity index (χ3n) is 0.957. The van der Waals surface area contributed by atoms with Crippen LogP contribution in [-0.4, -0.2) is 17.0 Å². The number of aliphatic carboxylic acids is 1. The first-order chi connectivity index (χ1) is 5.66. The van der Waals surface area contributed by atoms with Crippen molar-refractivity contribution in [1.82, 2.24) is 0 Å². The highest BCUT2D eigenvalue weighted by Crippen LogP contribution is 1.91. The van der Waals surface area contributed by atoms with Gasteiger partial charge in [-0.2, -0.15) is 0 Å². The maximum Gasteiger partial charge on any atom is 0.320 e. The first-order valence-corrected chi connectivity index (χ1v) is 3.56. The summed E-state index contributed by atoms with van der Waals surface area (Å²) in [6, 6.07) is 0. The monoisotopic (exact) mass is 170 g/mol. The molecule has 0 radical (unpaired) electrons. The maximum atomic E-state index is 10.6. The van der Waals surface area contributed by atoms with Crippen LogP contribution in [0.25, 0.3) is 0 Å². The van der Waals surface area contributed by atoms with Gasteiger partial charge in [0.05, 0.1) is 12.8 Å². The van der Waals surface area contributed by atoms with Crippen molar-refractivity contribution in [1.29, 1.82) is 0 Å². The van der Waals surface area contributed by atoms with Gasteiger partial charge in [-0.3, -0.25) is 9.59 Å². The van der Waals surface area contributed by atoms with Crippen molar-refractivity contribution in [3.8, 4) is 12.0 Å². The fraction of sp³-hybridized carbons (Fsp3) is 0.500. The van der Waals surface area contributed by atoms with Crippen LogP contribution in [0.1, 0.15) is 26.2 Å². The van der Waals surface area contributed by atoms with Crippen LogP contribution in [-0.2, 0) is 14.3 Å². The SMILES string of the molecule is CCC#COC(=O)CCC(=O)O. The minimum atomic E-state index is -1.02. The highest BCUT2D eigenvalue weighted by molar-refractivity contribution is 5.77. The number of esters is 1. The second-order valence-electron chi connectivity index (χ2n) is 2.00. The Kier molecular flexibility index (Phi) is 5.45. The molecule has 12 heavy (non-hydrogen) atoms. The molecule has 0 aliphatic rings. The van der Waals surface area contributed by atoms with Crippen LogP contribution in [0, 0.1) is 12.0 Å². The first kappa shape index (κ1) is 10.5. The van der Waals surface area contributed by atoms with Crippen LogP contribution in [0.2, 0.25) is 0 Å². The molecule has 0 aromatic carbocycles. The number of carbonyl (C=O) groups is 2. The number of carbonyl (C=O) groups excluding carboxylic acids is 1. The standard InChI is InChI=1S/C8H10O4/c1-2-3-6-12-8(11)5-4-7(9)10/h2,4-5H2,1H3,(H,9,10). The average molecular weight is 170 g/mol. The van der Waals surface area contributed by atoms with E-state index in [1.165, 1.54) is 0 Å². The Balaban J connectivity index is 3.53. The van der Waals surface area contributed by atoms with Gasteiger partial charge in [-0.15, -0.1) is 0 Å². The predicted octanol–water partition coefficient (Wildman–Crippen LogP) is 0.765. The van der Waals surface area contributed by atoms with Gasteiger partial charge in [-0.25, -0.2) is 0 Å². The van der Waals surface area contributed by atoms with Crippen LogP contribution in [0.3, 0.4) is 0 Å². The lowest BCUT2D eigenvalue weighted by Crippen LogP contribution is -2.04. The van der Waals surface area contributed by atoms with E-state index in [1.54, 1.807) is 0 Å². The van der Waals surface area contributed by atoms with Gasteiger partial charge in [0, 0.05) is 6.42 Å². The molecule has 0 amide bonds. The molecule has 0 aliphatic carbocycles. The molecule has 0 bridgehead atoms. The van der Waals surface area contributed by atoms with Crippen molar-refractivity contribution < 1.29 is 19.4 Å². The summed E-state index contributed by atoms with van der Waals surface area (Å²) in [6.45, 7) is 1.82. The van der Waals surface area contributed by atoms with Crippen molar-refractivity contribution in [3.05, 3.63) is 0 Å². The number of hydrogen-bond acceptors (Lipinski definition) is 3. The van der Waals surface area contributed by atoms with Crippen LogP contribution in [0.15, 0.2) is 0 Å². The Hall–Kier alpha value is -1.50. The summed E-state index contributed by atoms with van der Waals surface area (Å²) in [6.07, 6.45) is 2.42. The minimum absolute atomic E-state index is 0.131. The van der Waals surface area contributed by atoms with Gasteiger partial charge >= 0.3 is 11.9 Å². The quantitative estimate of drug-likeness (QED) is 0.501. The summed E-state index contributed by atoms with van der Waals surface area (Å²) in [5.74, 6) is 0.909. The van der Waals surface area contributed by atoms with Crippen molar-refractivity contribution in [2.24, 2.45) is 0 Å². The third-order valence-corrected chi connectivity index (χ3v) is 0.957. The van der Waals surface area contributed by atoms with Crippen LogP contribution in [0.4, 0.5) is 0 Å². The van der Waals surface area contributed by atoms with E-state index < -0.39 is 11.9 Å². The summed E-state index contributed by atoms with van der Waals surface area (Å²) in [7, 11) is 0. The Bertz CT molecular complexity index is 221. The number of carboxylic acid groups (broad SMARTS) is 1. The molecule has 0 unspecified atom stereocenters. The lowest BCUT2D eigenvalue weighted by Gasteiger charge is -1.91. The molecule has 66 valence electrons. The van der Waals surface area contributed by atoms with Gasteiger partial charge in [0.1, 0.15) is 6.11 Å². The molecule has 1 N–H and O–H groups in total. The average Bonchev–Trinajstić information content (AvgIpc) is 2.01. The summed E-state index contributed by atoms with van der Waals surface area (Å²) < 4.78 is 4.37. The normalized spacial score (nSPS) is 8.08. The molecule has 0 atom stereocenters. The van der Waals surface area contributed by atoms with Crippen LogP contribution >= 0.6 is 0 Å². The number of ether oxygens (including phenoxy) is 1. The fourth-order valence-electron chi connectivity index (χ4n) is 0.425.